The van der Waals surface area contributed by atoms with E-state index in [1.54, 1.807) is 18.1 Å². The van der Waals surface area contributed by atoms with Crippen LogP contribution in [0.25, 0.3) is 0 Å². The number of pyridine rings is 1. The Morgan fingerprint density at radius 1 is 1.09 bits per heavy atom. The molecule has 32 heavy (non-hydrogen) atoms. The van der Waals surface area contributed by atoms with Gasteiger partial charge in [0.15, 0.2) is 11.5 Å². The molecule has 164 valence electrons. The van der Waals surface area contributed by atoms with Crippen LogP contribution >= 0.6 is 0 Å². The third kappa shape index (κ3) is 4.14. The second-order valence-corrected chi connectivity index (χ2v) is 7.84. The van der Waals surface area contributed by atoms with Crippen LogP contribution in [0.4, 0.5) is 5.69 Å². The molecule has 1 amide bonds. The SMILES string of the molecule is COc1ccc(C2CC(=O)N(c3ccnc(C(=O)O)c3)C2)cc1Oc1c(C)cccc1C. The van der Waals surface area contributed by atoms with Gasteiger partial charge in [0.2, 0.25) is 5.91 Å². The van der Waals surface area contributed by atoms with Crippen molar-refractivity contribution < 1.29 is 24.2 Å². The molecule has 0 radical (unpaired) electrons. The van der Waals surface area contributed by atoms with Gasteiger partial charge in [0.25, 0.3) is 0 Å². The molecule has 1 unspecified atom stereocenters. The van der Waals surface area contributed by atoms with Crippen LogP contribution < -0.4 is 14.4 Å². The monoisotopic (exact) mass is 432 g/mol. The van der Waals surface area contributed by atoms with Crippen LogP contribution in [0.5, 0.6) is 17.2 Å². The molecule has 0 saturated carbocycles. The fourth-order valence-corrected chi connectivity index (χ4v) is 3.98. The van der Waals surface area contributed by atoms with E-state index in [0.29, 0.717) is 30.2 Å². The second kappa shape index (κ2) is 8.70. The summed E-state index contributed by atoms with van der Waals surface area (Å²) in [6, 6.07) is 14.7. The minimum absolute atomic E-state index is 0.0600. The molecule has 0 aliphatic carbocycles. The first-order valence-electron chi connectivity index (χ1n) is 10.3. The maximum Gasteiger partial charge on any atom is 0.354 e. The highest BCUT2D eigenvalue weighted by atomic mass is 16.5. The molecular weight excluding hydrogens is 408 g/mol. The number of ether oxygens (including phenoxy) is 2. The number of rotatable bonds is 6. The van der Waals surface area contributed by atoms with Crippen molar-refractivity contribution in [1.29, 1.82) is 0 Å². The summed E-state index contributed by atoms with van der Waals surface area (Å²) in [5.41, 5.74) is 3.44. The predicted octanol–water partition coefficient (Wildman–Crippen LogP) is 4.72. The molecule has 1 fully saturated rings. The maximum atomic E-state index is 12.7. The molecule has 1 aromatic heterocycles. The Balaban J connectivity index is 1.62. The fraction of sp³-hybridized carbons (Fsp3) is 0.240. The first kappa shape index (κ1) is 21.4. The molecule has 1 atom stereocenters. The summed E-state index contributed by atoms with van der Waals surface area (Å²) in [6.45, 7) is 4.43. The lowest BCUT2D eigenvalue weighted by Crippen LogP contribution is -2.24. The summed E-state index contributed by atoms with van der Waals surface area (Å²) in [7, 11) is 1.59. The van der Waals surface area contributed by atoms with Crippen LogP contribution in [-0.2, 0) is 4.79 Å². The average Bonchev–Trinajstić information content (AvgIpc) is 3.18. The Morgan fingerprint density at radius 2 is 1.84 bits per heavy atom. The summed E-state index contributed by atoms with van der Waals surface area (Å²) in [4.78, 5) is 29.4. The predicted molar refractivity (Wildman–Crippen MR) is 120 cm³/mol. The summed E-state index contributed by atoms with van der Waals surface area (Å²) in [5, 5.41) is 9.20. The van der Waals surface area contributed by atoms with E-state index in [2.05, 4.69) is 4.98 Å². The lowest BCUT2D eigenvalue weighted by molar-refractivity contribution is -0.117. The van der Waals surface area contributed by atoms with E-state index in [-0.39, 0.29) is 17.5 Å². The first-order chi connectivity index (χ1) is 15.4. The molecular formula is C25H24N2O5. The van der Waals surface area contributed by atoms with Gasteiger partial charge in [0.1, 0.15) is 11.4 Å². The van der Waals surface area contributed by atoms with Crippen LogP contribution in [0.15, 0.2) is 54.7 Å². The molecule has 1 saturated heterocycles. The number of benzene rings is 2. The lowest BCUT2D eigenvalue weighted by atomic mass is 9.98. The third-order valence-corrected chi connectivity index (χ3v) is 5.68. The number of para-hydroxylation sites is 1. The van der Waals surface area contributed by atoms with Crippen molar-refractivity contribution >= 4 is 17.6 Å². The highest BCUT2D eigenvalue weighted by molar-refractivity contribution is 5.97. The van der Waals surface area contributed by atoms with Gasteiger partial charge in [-0.1, -0.05) is 24.3 Å². The number of hydrogen-bond donors (Lipinski definition) is 1. The summed E-state index contributed by atoms with van der Waals surface area (Å²) in [6.07, 6.45) is 1.73. The van der Waals surface area contributed by atoms with Gasteiger partial charge in [-0.15, -0.1) is 0 Å². The van der Waals surface area contributed by atoms with E-state index in [0.717, 1.165) is 22.4 Å². The van der Waals surface area contributed by atoms with Crippen LogP contribution in [0.1, 0.15) is 39.5 Å². The Morgan fingerprint density at radius 3 is 2.53 bits per heavy atom. The van der Waals surface area contributed by atoms with Crippen molar-refractivity contribution in [3.8, 4) is 17.2 Å². The lowest BCUT2D eigenvalue weighted by Gasteiger charge is -2.19. The number of nitrogens with zero attached hydrogens (tertiary/aromatic N) is 2. The summed E-state index contributed by atoms with van der Waals surface area (Å²) in [5.74, 6) is 0.729. The van der Waals surface area contributed by atoms with Crippen molar-refractivity contribution in [3.05, 3.63) is 77.1 Å². The van der Waals surface area contributed by atoms with Crippen LogP contribution in [0, 0.1) is 13.8 Å². The number of carbonyl (C=O) groups is 2. The van der Waals surface area contributed by atoms with Crippen LogP contribution in [0.3, 0.4) is 0 Å². The van der Waals surface area contributed by atoms with Gasteiger partial charge >= 0.3 is 5.97 Å². The van der Waals surface area contributed by atoms with Crippen LogP contribution in [0.2, 0.25) is 0 Å². The smallest absolute Gasteiger partial charge is 0.354 e. The topological polar surface area (TPSA) is 89.0 Å². The van der Waals surface area contributed by atoms with Gasteiger partial charge in [-0.3, -0.25) is 4.79 Å². The Labute approximate surface area is 186 Å². The molecule has 3 aromatic rings. The molecule has 1 aliphatic heterocycles. The Bertz CT molecular complexity index is 1170. The first-order valence-corrected chi connectivity index (χ1v) is 10.3. The van der Waals surface area contributed by atoms with E-state index in [1.165, 1.54) is 12.3 Å². The zero-order valence-corrected chi connectivity index (χ0v) is 18.2. The third-order valence-electron chi connectivity index (χ3n) is 5.68. The van der Waals surface area contributed by atoms with Gasteiger partial charge in [-0.25, -0.2) is 9.78 Å². The summed E-state index contributed by atoms with van der Waals surface area (Å²) < 4.78 is 11.7. The quantitative estimate of drug-likeness (QED) is 0.606. The minimum Gasteiger partial charge on any atom is -0.493 e. The summed E-state index contributed by atoms with van der Waals surface area (Å²) >= 11 is 0. The molecule has 1 aliphatic rings. The molecule has 4 rings (SSSR count). The standard InChI is InChI=1S/C25H24N2O5/c1-15-5-4-6-16(2)24(15)32-22-11-17(7-8-21(22)31-3)18-12-23(28)27(14-18)19-9-10-26-20(13-19)25(29)30/h4-11,13,18H,12,14H2,1-3H3,(H,29,30). The van der Waals surface area contributed by atoms with E-state index < -0.39 is 5.97 Å². The number of aromatic nitrogens is 1. The van der Waals surface area contributed by atoms with Crippen molar-refractivity contribution in [2.75, 3.05) is 18.6 Å². The normalized spacial score (nSPS) is 15.7. The highest BCUT2D eigenvalue weighted by Crippen LogP contribution is 2.39. The van der Waals surface area contributed by atoms with Gasteiger partial charge in [0.05, 0.1) is 7.11 Å². The Kier molecular flexibility index (Phi) is 5.81. The Hall–Kier alpha value is -3.87. The molecule has 7 nitrogen and oxygen atoms in total. The van der Waals surface area contributed by atoms with Crippen molar-refractivity contribution in [1.82, 2.24) is 4.98 Å². The molecule has 2 heterocycles. The number of aryl methyl sites for hydroxylation is 2. The molecule has 0 spiro atoms. The van der Waals surface area contributed by atoms with Crippen molar-refractivity contribution in [2.24, 2.45) is 0 Å². The number of methoxy groups -OCH3 is 1. The number of carbonyl (C=O) groups excluding carboxylic acids is 1. The van der Waals surface area contributed by atoms with Gasteiger partial charge in [-0.2, -0.15) is 0 Å². The van der Waals surface area contributed by atoms with E-state index in [4.69, 9.17) is 9.47 Å². The molecule has 1 N–H and O–H groups in total. The van der Waals surface area contributed by atoms with Gasteiger partial charge in [0, 0.05) is 30.8 Å². The fourth-order valence-electron chi connectivity index (χ4n) is 3.98. The van der Waals surface area contributed by atoms with E-state index in [1.807, 2.05) is 50.2 Å². The van der Waals surface area contributed by atoms with Gasteiger partial charge in [-0.05, 0) is 54.8 Å². The van der Waals surface area contributed by atoms with Crippen molar-refractivity contribution in [3.63, 3.8) is 0 Å². The number of amides is 1. The van der Waals surface area contributed by atoms with Crippen LogP contribution in [-0.4, -0.2) is 35.6 Å². The number of carboxylic acids is 1. The number of carboxylic acid groups (broad SMARTS) is 1. The second-order valence-electron chi connectivity index (χ2n) is 7.84. The molecule has 7 heteroatoms. The number of aromatic carboxylic acids is 1. The van der Waals surface area contributed by atoms with Gasteiger partial charge < -0.3 is 19.5 Å². The van der Waals surface area contributed by atoms with Crippen molar-refractivity contribution in [2.45, 2.75) is 26.2 Å². The minimum atomic E-state index is -1.13. The number of anilines is 1. The average molecular weight is 432 g/mol. The molecule has 0 bridgehead atoms. The molecule has 2 aromatic carbocycles. The highest BCUT2D eigenvalue weighted by Gasteiger charge is 2.32. The van der Waals surface area contributed by atoms with E-state index in [9.17, 15) is 14.7 Å². The zero-order chi connectivity index (χ0) is 22.8. The maximum absolute atomic E-state index is 12.7. The largest absolute Gasteiger partial charge is 0.493 e. The van der Waals surface area contributed by atoms with E-state index >= 15 is 0 Å². The number of hydrogen-bond acceptors (Lipinski definition) is 5. The zero-order valence-electron chi connectivity index (χ0n) is 18.2.